The number of rotatable bonds is 6. The normalized spacial score (nSPS) is 11.8. The monoisotopic (exact) mass is 220 g/mol. The van der Waals surface area contributed by atoms with E-state index in [1.807, 2.05) is 0 Å². The van der Waals surface area contributed by atoms with Crippen LogP contribution < -0.4 is 0 Å². The highest BCUT2D eigenvalue weighted by molar-refractivity contribution is 5.28. The zero-order valence-electron chi connectivity index (χ0n) is 10.8. The fourth-order valence-electron chi connectivity index (χ4n) is 1.93. The van der Waals surface area contributed by atoms with Gasteiger partial charge in [0.25, 0.3) is 0 Å². The van der Waals surface area contributed by atoms with E-state index in [1.165, 1.54) is 30.4 Å². The molecule has 0 heterocycles. The van der Waals surface area contributed by atoms with Gasteiger partial charge in [-0.3, -0.25) is 0 Å². The van der Waals surface area contributed by atoms with Crippen molar-refractivity contribution >= 4 is 0 Å². The minimum Gasteiger partial charge on any atom is -0.396 e. The van der Waals surface area contributed by atoms with Crippen LogP contribution >= 0.6 is 0 Å². The van der Waals surface area contributed by atoms with Crippen LogP contribution in [0.3, 0.4) is 0 Å². The molecule has 16 heavy (non-hydrogen) atoms. The third kappa shape index (κ3) is 3.64. The summed E-state index contributed by atoms with van der Waals surface area (Å²) in [5.41, 5.74) is 2.82. The predicted octanol–water partition coefficient (Wildman–Crippen LogP) is 3.69. The van der Waals surface area contributed by atoms with E-state index in [0.29, 0.717) is 0 Å². The summed E-state index contributed by atoms with van der Waals surface area (Å²) in [6.07, 6.45) is 4.51. The summed E-state index contributed by atoms with van der Waals surface area (Å²) < 4.78 is 0. The lowest BCUT2D eigenvalue weighted by Crippen LogP contribution is -2.18. The van der Waals surface area contributed by atoms with Crippen molar-refractivity contribution in [1.82, 2.24) is 0 Å². The number of unbranched alkanes of at least 4 members (excludes halogenated alkanes) is 1. The lowest BCUT2D eigenvalue weighted by Gasteiger charge is -2.24. The molecule has 1 heteroatoms. The van der Waals surface area contributed by atoms with Crippen molar-refractivity contribution in [2.24, 2.45) is 0 Å². The van der Waals surface area contributed by atoms with E-state index >= 15 is 0 Å². The zero-order valence-corrected chi connectivity index (χ0v) is 10.8. The molecular weight excluding hydrogens is 196 g/mol. The third-order valence-corrected chi connectivity index (χ3v) is 3.29. The number of benzene rings is 1. The molecule has 0 aliphatic heterocycles. The Morgan fingerprint density at radius 2 is 1.75 bits per heavy atom. The van der Waals surface area contributed by atoms with Crippen molar-refractivity contribution in [2.75, 3.05) is 6.61 Å². The standard InChI is InChI=1S/C15H24O/c1-4-5-6-13-7-9-14(10-8-13)15(2,3)11-12-16/h7-10,16H,4-6,11-12H2,1-3H3. The summed E-state index contributed by atoms with van der Waals surface area (Å²) >= 11 is 0. The molecule has 0 spiro atoms. The second kappa shape index (κ2) is 6.05. The molecule has 0 fully saturated rings. The number of hydrogen-bond acceptors (Lipinski definition) is 1. The van der Waals surface area contributed by atoms with E-state index in [4.69, 9.17) is 5.11 Å². The first-order valence-corrected chi connectivity index (χ1v) is 6.30. The van der Waals surface area contributed by atoms with Crippen molar-refractivity contribution in [3.05, 3.63) is 35.4 Å². The highest BCUT2D eigenvalue weighted by Crippen LogP contribution is 2.26. The van der Waals surface area contributed by atoms with E-state index in [0.717, 1.165) is 6.42 Å². The van der Waals surface area contributed by atoms with E-state index in [2.05, 4.69) is 45.0 Å². The molecule has 0 unspecified atom stereocenters. The topological polar surface area (TPSA) is 20.2 Å². The number of aliphatic hydroxyl groups excluding tert-OH is 1. The Balaban J connectivity index is 2.70. The van der Waals surface area contributed by atoms with Gasteiger partial charge in [-0.05, 0) is 35.8 Å². The first kappa shape index (κ1) is 13.2. The minimum absolute atomic E-state index is 0.0814. The summed E-state index contributed by atoms with van der Waals surface area (Å²) in [5.74, 6) is 0. The van der Waals surface area contributed by atoms with E-state index in [1.54, 1.807) is 0 Å². The number of aryl methyl sites for hydroxylation is 1. The molecule has 0 amide bonds. The van der Waals surface area contributed by atoms with Gasteiger partial charge in [0.15, 0.2) is 0 Å². The van der Waals surface area contributed by atoms with Crippen molar-refractivity contribution in [3.8, 4) is 0 Å². The smallest absolute Gasteiger partial charge is 0.0439 e. The maximum atomic E-state index is 9.03. The number of aliphatic hydroxyl groups is 1. The second-order valence-electron chi connectivity index (χ2n) is 5.16. The molecule has 0 aromatic heterocycles. The summed E-state index contributed by atoms with van der Waals surface area (Å²) in [6.45, 7) is 6.85. The van der Waals surface area contributed by atoms with Crippen molar-refractivity contribution < 1.29 is 5.11 Å². The SMILES string of the molecule is CCCCc1ccc(C(C)(C)CCO)cc1. The molecule has 0 radical (unpaired) electrons. The molecule has 1 rings (SSSR count). The Kier molecular flexibility index (Phi) is 5.01. The molecular formula is C15H24O. The molecule has 0 aliphatic rings. The zero-order chi connectivity index (χ0) is 12.0. The quantitative estimate of drug-likeness (QED) is 0.775. The molecule has 1 aromatic rings. The van der Waals surface area contributed by atoms with Crippen LogP contribution in [0, 0.1) is 0 Å². The molecule has 0 atom stereocenters. The largest absolute Gasteiger partial charge is 0.396 e. The average Bonchev–Trinajstić information content (AvgIpc) is 2.27. The van der Waals surface area contributed by atoms with Crippen molar-refractivity contribution in [1.29, 1.82) is 0 Å². The average molecular weight is 220 g/mol. The number of hydrogen-bond donors (Lipinski definition) is 1. The van der Waals surface area contributed by atoms with Crippen LogP contribution in [0.1, 0.15) is 51.2 Å². The summed E-state index contributed by atoms with van der Waals surface area (Å²) in [6, 6.07) is 8.87. The minimum atomic E-state index is 0.0814. The fourth-order valence-corrected chi connectivity index (χ4v) is 1.93. The predicted molar refractivity (Wildman–Crippen MR) is 69.8 cm³/mol. The summed E-state index contributed by atoms with van der Waals surface area (Å²) in [7, 11) is 0. The highest BCUT2D eigenvalue weighted by Gasteiger charge is 2.19. The van der Waals surface area contributed by atoms with E-state index < -0.39 is 0 Å². The Bertz CT molecular complexity index is 298. The molecule has 1 nitrogen and oxygen atoms in total. The van der Waals surface area contributed by atoms with Crippen LogP contribution in [0.25, 0.3) is 0 Å². The molecule has 1 aromatic carbocycles. The van der Waals surface area contributed by atoms with Gasteiger partial charge in [-0.25, -0.2) is 0 Å². The first-order chi connectivity index (χ1) is 7.60. The van der Waals surface area contributed by atoms with Crippen LogP contribution in [0.4, 0.5) is 0 Å². The molecule has 0 bridgehead atoms. The Morgan fingerprint density at radius 1 is 1.12 bits per heavy atom. The van der Waals surface area contributed by atoms with Crippen LogP contribution in [-0.2, 0) is 11.8 Å². The Hall–Kier alpha value is -0.820. The Labute approximate surface area is 99.5 Å². The highest BCUT2D eigenvalue weighted by atomic mass is 16.3. The molecule has 0 aliphatic carbocycles. The van der Waals surface area contributed by atoms with Crippen LogP contribution in [0.5, 0.6) is 0 Å². The van der Waals surface area contributed by atoms with Gasteiger partial charge in [-0.1, -0.05) is 51.5 Å². The summed E-state index contributed by atoms with van der Waals surface area (Å²) in [5, 5.41) is 9.03. The van der Waals surface area contributed by atoms with Gasteiger partial charge in [0.1, 0.15) is 0 Å². The second-order valence-corrected chi connectivity index (χ2v) is 5.16. The van der Waals surface area contributed by atoms with E-state index in [-0.39, 0.29) is 12.0 Å². The third-order valence-electron chi connectivity index (χ3n) is 3.29. The van der Waals surface area contributed by atoms with Crippen LogP contribution in [0.2, 0.25) is 0 Å². The molecule has 0 saturated carbocycles. The lowest BCUT2D eigenvalue weighted by atomic mass is 9.81. The molecule has 0 saturated heterocycles. The Morgan fingerprint density at radius 3 is 2.25 bits per heavy atom. The van der Waals surface area contributed by atoms with Gasteiger partial charge < -0.3 is 5.11 Å². The maximum Gasteiger partial charge on any atom is 0.0439 e. The van der Waals surface area contributed by atoms with Gasteiger partial charge in [0.2, 0.25) is 0 Å². The molecule has 90 valence electrons. The van der Waals surface area contributed by atoms with E-state index in [9.17, 15) is 0 Å². The van der Waals surface area contributed by atoms with Crippen LogP contribution in [-0.4, -0.2) is 11.7 Å². The first-order valence-electron chi connectivity index (χ1n) is 6.30. The van der Waals surface area contributed by atoms with Gasteiger partial charge >= 0.3 is 0 Å². The molecule has 1 N–H and O–H groups in total. The van der Waals surface area contributed by atoms with Crippen molar-refractivity contribution in [2.45, 2.75) is 51.9 Å². The fraction of sp³-hybridized carbons (Fsp3) is 0.600. The van der Waals surface area contributed by atoms with Gasteiger partial charge in [0, 0.05) is 6.61 Å². The van der Waals surface area contributed by atoms with Gasteiger partial charge in [-0.2, -0.15) is 0 Å². The lowest BCUT2D eigenvalue weighted by molar-refractivity contribution is 0.252. The van der Waals surface area contributed by atoms with Crippen LogP contribution in [0.15, 0.2) is 24.3 Å². The van der Waals surface area contributed by atoms with Gasteiger partial charge in [0.05, 0.1) is 0 Å². The maximum absolute atomic E-state index is 9.03. The van der Waals surface area contributed by atoms with Crippen molar-refractivity contribution in [3.63, 3.8) is 0 Å². The summed E-state index contributed by atoms with van der Waals surface area (Å²) in [4.78, 5) is 0. The van der Waals surface area contributed by atoms with Gasteiger partial charge in [-0.15, -0.1) is 0 Å².